The van der Waals surface area contributed by atoms with Crippen molar-refractivity contribution in [2.24, 2.45) is 0 Å². The molecule has 0 amide bonds. The maximum atomic E-state index is 3.11. The van der Waals surface area contributed by atoms with Crippen LogP contribution in [0.2, 0.25) is 0 Å². The predicted octanol–water partition coefficient (Wildman–Crippen LogP) is 4.24. The van der Waals surface area contributed by atoms with E-state index in [4.69, 9.17) is 0 Å². The van der Waals surface area contributed by atoms with Crippen molar-refractivity contribution in [3.05, 3.63) is 21.4 Å². The van der Waals surface area contributed by atoms with E-state index in [-0.39, 0.29) is 0 Å². The second kappa shape index (κ2) is 12.1. The molecule has 102 valence electrons. The molecular weight excluding hydrogens is 228 g/mol. The Hall–Kier alpha value is -0.380. The summed E-state index contributed by atoms with van der Waals surface area (Å²) < 4.78 is 0. The van der Waals surface area contributed by atoms with Crippen molar-refractivity contribution in [3.63, 3.8) is 0 Å². The SMILES string of the molecule is CC.CC.CCc1cc(C)sc1CN(C)NC. The van der Waals surface area contributed by atoms with Crippen molar-refractivity contribution in [3.8, 4) is 0 Å². The number of aryl methyl sites for hydroxylation is 2. The molecule has 0 atom stereocenters. The molecule has 1 aromatic heterocycles. The summed E-state index contributed by atoms with van der Waals surface area (Å²) in [7, 11) is 4.01. The molecule has 0 aliphatic carbocycles. The van der Waals surface area contributed by atoms with Crippen molar-refractivity contribution >= 4 is 11.3 Å². The Labute approximate surface area is 112 Å². The van der Waals surface area contributed by atoms with E-state index < -0.39 is 0 Å². The zero-order valence-corrected chi connectivity index (χ0v) is 13.7. The van der Waals surface area contributed by atoms with Gasteiger partial charge < -0.3 is 0 Å². The van der Waals surface area contributed by atoms with Gasteiger partial charge in [-0.3, -0.25) is 5.43 Å². The van der Waals surface area contributed by atoms with E-state index in [0.29, 0.717) is 0 Å². The van der Waals surface area contributed by atoms with Crippen molar-refractivity contribution in [2.45, 2.75) is 54.5 Å². The van der Waals surface area contributed by atoms with Crippen molar-refractivity contribution in [2.75, 3.05) is 14.1 Å². The maximum Gasteiger partial charge on any atom is 0.0475 e. The molecule has 0 aliphatic heterocycles. The van der Waals surface area contributed by atoms with Gasteiger partial charge >= 0.3 is 0 Å². The van der Waals surface area contributed by atoms with E-state index >= 15 is 0 Å². The van der Waals surface area contributed by atoms with E-state index in [0.717, 1.165) is 13.0 Å². The predicted molar refractivity (Wildman–Crippen MR) is 81.7 cm³/mol. The molecule has 1 rings (SSSR count). The Kier molecular flexibility index (Phi) is 13.5. The molecule has 17 heavy (non-hydrogen) atoms. The van der Waals surface area contributed by atoms with Crippen LogP contribution in [-0.4, -0.2) is 19.1 Å². The zero-order valence-electron chi connectivity index (χ0n) is 12.8. The molecule has 0 spiro atoms. The van der Waals surface area contributed by atoms with Crippen LogP contribution in [0.5, 0.6) is 0 Å². The molecule has 2 nitrogen and oxygen atoms in total. The van der Waals surface area contributed by atoms with Gasteiger partial charge in [-0.15, -0.1) is 11.3 Å². The van der Waals surface area contributed by atoms with Gasteiger partial charge in [-0.25, -0.2) is 5.01 Å². The standard InChI is InChI=1S/C10H18N2S.2C2H6/c1-5-9-6-8(2)13-10(9)7-12(4)11-3;2*1-2/h6,11H,5,7H2,1-4H3;2*1-2H3. The smallest absolute Gasteiger partial charge is 0.0475 e. The minimum atomic E-state index is 0.998. The van der Waals surface area contributed by atoms with E-state index in [2.05, 4.69) is 37.4 Å². The molecule has 1 N–H and O–H groups in total. The van der Waals surface area contributed by atoms with Crippen LogP contribution in [0.25, 0.3) is 0 Å². The van der Waals surface area contributed by atoms with Crippen LogP contribution < -0.4 is 5.43 Å². The normalized spacial score (nSPS) is 9.24. The van der Waals surface area contributed by atoms with Gasteiger partial charge in [-0.1, -0.05) is 34.6 Å². The molecule has 0 fully saturated rings. The summed E-state index contributed by atoms with van der Waals surface area (Å²) in [5.74, 6) is 0. The first-order valence-electron chi connectivity index (χ1n) is 6.64. The largest absolute Gasteiger partial charge is 0.258 e. The zero-order chi connectivity index (χ0) is 13.8. The topological polar surface area (TPSA) is 15.3 Å². The van der Waals surface area contributed by atoms with E-state index in [1.54, 1.807) is 0 Å². The minimum Gasteiger partial charge on any atom is -0.258 e. The first kappa shape index (κ1) is 19.0. The number of hydrogen-bond acceptors (Lipinski definition) is 3. The Bertz CT molecular complexity index is 269. The Balaban J connectivity index is 0. The van der Waals surface area contributed by atoms with Gasteiger partial charge in [-0.05, 0) is 32.0 Å². The molecule has 0 unspecified atom stereocenters. The van der Waals surface area contributed by atoms with Crippen LogP contribution >= 0.6 is 11.3 Å². The average molecular weight is 258 g/mol. The second-order valence-corrected chi connectivity index (χ2v) is 4.58. The summed E-state index contributed by atoms with van der Waals surface area (Å²) >= 11 is 1.90. The van der Waals surface area contributed by atoms with E-state index in [9.17, 15) is 0 Å². The van der Waals surface area contributed by atoms with Crippen LogP contribution in [0.1, 0.15) is 49.9 Å². The summed E-state index contributed by atoms with van der Waals surface area (Å²) in [5.41, 5.74) is 4.60. The Morgan fingerprint density at radius 2 is 1.76 bits per heavy atom. The Morgan fingerprint density at radius 3 is 2.18 bits per heavy atom. The molecule has 0 aliphatic rings. The van der Waals surface area contributed by atoms with Gasteiger partial charge in [0.25, 0.3) is 0 Å². The highest BCUT2D eigenvalue weighted by molar-refractivity contribution is 7.12. The van der Waals surface area contributed by atoms with Gasteiger partial charge in [0.15, 0.2) is 0 Å². The highest BCUT2D eigenvalue weighted by Gasteiger charge is 2.06. The molecule has 0 saturated carbocycles. The summed E-state index contributed by atoms with van der Waals surface area (Å²) in [5, 5.41) is 2.10. The van der Waals surface area contributed by atoms with Crippen molar-refractivity contribution in [1.29, 1.82) is 0 Å². The summed E-state index contributed by atoms with van der Waals surface area (Å²) in [6.07, 6.45) is 1.14. The quantitative estimate of drug-likeness (QED) is 0.813. The minimum absolute atomic E-state index is 0.998. The lowest BCUT2D eigenvalue weighted by atomic mass is 10.2. The molecule has 0 radical (unpaired) electrons. The Morgan fingerprint density at radius 1 is 1.24 bits per heavy atom. The summed E-state index contributed by atoms with van der Waals surface area (Å²) in [6.45, 7) is 13.4. The molecule has 0 bridgehead atoms. The third-order valence-corrected chi connectivity index (χ3v) is 3.24. The fourth-order valence-electron chi connectivity index (χ4n) is 1.34. The monoisotopic (exact) mass is 258 g/mol. The van der Waals surface area contributed by atoms with E-state index in [1.807, 2.05) is 46.1 Å². The number of thiophene rings is 1. The number of nitrogens with zero attached hydrogens (tertiary/aromatic N) is 1. The summed E-state index contributed by atoms with van der Waals surface area (Å²) in [4.78, 5) is 2.90. The van der Waals surface area contributed by atoms with Crippen LogP contribution in [0.3, 0.4) is 0 Å². The van der Waals surface area contributed by atoms with Crippen molar-refractivity contribution in [1.82, 2.24) is 10.4 Å². The van der Waals surface area contributed by atoms with Crippen LogP contribution in [-0.2, 0) is 13.0 Å². The van der Waals surface area contributed by atoms with Gasteiger partial charge in [0, 0.05) is 23.3 Å². The second-order valence-electron chi connectivity index (χ2n) is 3.24. The molecule has 3 heteroatoms. The fourth-order valence-corrected chi connectivity index (χ4v) is 2.53. The lowest BCUT2D eigenvalue weighted by Gasteiger charge is -2.14. The fraction of sp³-hybridized carbons (Fsp3) is 0.714. The van der Waals surface area contributed by atoms with Gasteiger partial charge in [0.1, 0.15) is 0 Å². The first-order chi connectivity index (χ1) is 8.17. The third-order valence-electron chi connectivity index (χ3n) is 2.16. The number of hydrazine groups is 1. The first-order valence-corrected chi connectivity index (χ1v) is 7.45. The van der Waals surface area contributed by atoms with Crippen LogP contribution in [0.15, 0.2) is 6.07 Å². The molecule has 0 aromatic carbocycles. The highest BCUT2D eigenvalue weighted by Crippen LogP contribution is 2.23. The lowest BCUT2D eigenvalue weighted by molar-refractivity contribution is 0.253. The van der Waals surface area contributed by atoms with Gasteiger partial charge in [-0.2, -0.15) is 0 Å². The average Bonchev–Trinajstić information content (AvgIpc) is 2.74. The van der Waals surface area contributed by atoms with Gasteiger partial charge in [0.2, 0.25) is 0 Å². The third kappa shape index (κ3) is 7.53. The highest BCUT2D eigenvalue weighted by atomic mass is 32.1. The maximum absolute atomic E-state index is 3.11. The summed E-state index contributed by atoms with van der Waals surface area (Å²) in [6, 6.07) is 2.30. The van der Waals surface area contributed by atoms with Crippen molar-refractivity contribution < 1.29 is 0 Å². The van der Waals surface area contributed by atoms with Crippen LogP contribution in [0, 0.1) is 6.92 Å². The van der Waals surface area contributed by atoms with Crippen LogP contribution in [0.4, 0.5) is 0 Å². The lowest BCUT2D eigenvalue weighted by Crippen LogP contribution is -2.29. The molecule has 1 heterocycles. The molecule has 0 saturated heterocycles. The number of rotatable bonds is 4. The van der Waals surface area contributed by atoms with Gasteiger partial charge in [0.05, 0.1) is 0 Å². The molecular formula is C14H30N2S. The molecule has 1 aromatic rings. The number of nitrogens with one attached hydrogen (secondary N) is 1. The number of hydrogen-bond donors (Lipinski definition) is 1. The van der Waals surface area contributed by atoms with E-state index in [1.165, 1.54) is 15.3 Å².